The van der Waals surface area contributed by atoms with Gasteiger partial charge in [-0.25, -0.2) is 13.1 Å². The lowest BCUT2D eigenvalue weighted by molar-refractivity contribution is 0.0925. The van der Waals surface area contributed by atoms with E-state index >= 15 is 0 Å². The number of sulfonamides is 1. The molecule has 3 aromatic rings. The highest BCUT2D eigenvalue weighted by Gasteiger charge is 2.12. The van der Waals surface area contributed by atoms with Crippen LogP contribution in [0.25, 0.3) is 11.1 Å². The molecule has 8 heteroatoms. The minimum Gasteiger partial charge on any atom is -0.484 e. The fourth-order valence-corrected chi connectivity index (χ4v) is 4.30. The van der Waals surface area contributed by atoms with Crippen LogP contribution in [0.2, 0.25) is 5.02 Å². The summed E-state index contributed by atoms with van der Waals surface area (Å²) in [4.78, 5) is 13.9. The van der Waals surface area contributed by atoms with Crippen LogP contribution in [0.1, 0.15) is 14.5 Å². The van der Waals surface area contributed by atoms with E-state index in [2.05, 4.69) is 4.72 Å². The third-order valence-electron chi connectivity index (χ3n) is 4.07. The van der Waals surface area contributed by atoms with Crippen molar-refractivity contribution in [3.8, 4) is 16.9 Å². The minimum absolute atomic E-state index is 0.119. The molecule has 0 aliphatic rings. The second kappa shape index (κ2) is 9.54. The number of nitrogens with one attached hydrogen (secondary N) is 1. The second-order valence-corrected chi connectivity index (χ2v) is 9.81. The maximum Gasteiger partial charge on any atom is 0.210 e. The Morgan fingerprint density at radius 1 is 1.07 bits per heavy atom. The van der Waals surface area contributed by atoms with E-state index < -0.39 is 10.0 Å². The SMILES string of the molecule is CS(=O)(=O)NCCc1ccc(C(=O)COc2ccc(-c3ccccc3)cc2Cl)s1. The van der Waals surface area contributed by atoms with Crippen LogP contribution in [0.3, 0.4) is 0 Å². The summed E-state index contributed by atoms with van der Waals surface area (Å²) >= 11 is 7.65. The molecule has 1 heterocycles. The van der Waals surface area contributed by atoms with Gasteiger partial charge < -0.3 is 4.74 Å². The molecule has 1 N–H and O–H groups in total. The molecule has 0 spiro atoms. The molecule has 0 atom stereocenters. The van der Waals surface area contributed by atoms with Crippen molar-refractivity contribution < 1.29 is 17.9 Å². The molecule has 3 rings (SSSR count). The van der Waals surface area contributed by atoms with Gasteiger partial charge in [0.15, 0.2) is 6.61 Å². The Kier molecular flexibility index (Phi) is 7.08. The van der Waals surface area contributed by atoms with Gasteiger partial charge in [0.05, 0.1) is 16.2 Å². The summed E-state index contributed by atoms with van der Waals surface area (Å²) in [5, 5.41) is 0.442. The van der Waals surface area contributed by atoms with Crippen LogP contribution in [0.4, 0.5) is 0 Å². The minimum atomic E-state index is -3.21. The van der Waals surface area contributed by atoms with Gasteiger partial charge in [-0.15, -0.1) is 11.3 Å². The molecule has 0 amide bonds. The van der Waals surface area contributed by atoms with Gasteiger partial charge in [0.2, 0.25) is 15.8 Å². The zero-order valence-corrected chi connectivity index (χ0v) is 18.1. The van der Waals surface area contributed by atoms with Crippen LogP contribution in [-0.2, 0) is 16.4 Å². The first kappa shape index (κ1) is 21.5. The predicted molar refractivity (Wildman–Crippen MR) is 118 cm³/mol. The first-order valence-electron chi connectivity index (χ1n) is 8.86. The zero-order valence-electron chi connectivity index (χ0n) is 15.7. The van der Waals surface area contributed by atoms with Gasteiger partial charge in [0.25, 0.3) is 0 Å². The Bertz CT molecular complexity index is 1090. The smallest absolute Gasteiger partial charge is 0.210 e. The molecule has 0 bridgehead atoms. The number of benzene rings is 2. The molecule has 152 valence electrons. The fraction of sp³-hybridized carbons (Fsp3) is 0.190. The molecule has 29 heavy (non-hydrogen) atoms. The Morgan fingerprint density at radius 2 is 1.83 bits per heavy atom. The summed E-state index contributed by atoms with van der Waals surface area (Å²) in [6.07, 6.45) is 1.64. The van der Waals surface area contributed by atoms with Crippen LogP contribution >= 0.6 is 22.9 Å². The topological polar surface area (TPSA) is 72.5 Å². The van der Waals surface area contributed by atoms with Crippen molar-refractivity contribution in [3.63, 3.8) is 0 Å². The highest BCUT2D eigenvalue weighted by atomic mass is 35.5. The summed E-state index contributed by atoms with van der Waals surface area (Å²) < 4.78 is 30.2. The monoisotopic (exact) mass is 449 g/mol. The van der Waals surface area contributed by atoms with Gasteiger partial charge in [-0.05, 0) is 41.8 Å². The summed E-state index contributed by atoms with van der Waals surface area (Å²) in [7, 11) is -3.21. The number of hydrogen-bond donors (Lipinski definition) is 1. The van der Waals surface area contributed by atoms with Gasteiger partial charge in [0, 0.05) is 11.4 Å². The maximum atomic E-state index is 12.4. The van der Waals surface area contributed by atoms with E-state index in [0.717, 1.165) is 22.3 Å². The van der Waals surface area contributed by atoms with Crippen molar-refractivity contribution in [2.24, 2.45) is 0 Å². The Balaban J connectivity index is 1.57. The van der Waals surface area contributed by atoms with Gasteiger partial charge in [0.1, 0.15) is 5.75 Å². The lowest BCUT2D eigenvalue weighted by Gasteiger charge is -2.09. The van der Waals surface area contributed by atoms with Gasteiger partial charge in [-0.1, -0.05) is 48.0 Å². The first-order chi connectivity index (χ1) is 13.8. The van der Waals surface area contributed by atoms with Crippen LogP contribution in [-0.4, -0.2) is 33.6 Å². The number of Topliss-reactive ketones (excluding diaryl/α,β-unsaturated/α-hetero) is 1. The molecular weight excluding hydrogens is 430 g/mol. The average molecular weight is 450 g/mol. The number of hydrogen-bond acceptors (Lipinski definition) is 5. The molecular formula is C21H20ClNO4S2. The van der Waals surface area contributed by atoms with Crippen LogP contribution < -0.4 is 9.46 Å². The van der Waals surface area contributed by atoms with E-state index in [9.17, 15) is 13.2 Å². The van der Waals surface area contributed by atoms with Crippen molar-refractivity contribution in [2.45, 2.75) is 6.42 Å². The summed E-state index contributed by atoms with van der Waals surface area (Å²) in [6.45, 7) is 0.179. The van der Waals surface area contributed by atoms with Crippen molar-refractivity contribution in [1.29, 1.82) is 0 Å². The highest BCUT2D eigenvalue weighted by Crippen LogP contribution is 2.30. The number of carbonyl (C=O) groups excluding carboxylic acids is 1. The van der Waals surface area contributed by atoms with Crippen molar-refractivity contribution in [1.82, 2.24) is 4.72 Å². The number of halogens is 1. The van der Waals surface area contributed by atoms with E-state index in [1.54, 1.807) is 12.1 Å². The normalized spacial score (nSPS) is 11.4. The summed E-state index contributed by atoms with van der Waals surface area (Å²) in [5.41, 5.74) is 2.02. The molecule has 0 saturated carbocycles. The predicted octanol–water partition coefficient (Wildman–Crippen LogP) is 4.42. The Hall–Kier alpha value is -2.19. The molecule has 1 aromatic heterocycles. The molecule has 0 saturated heterocycles. The number of ether oxygens (including phenoxy) is 1. The van der Waals surface area contributed by atoms with Crippen molar-refractivity contribution in [3.05, 3.63) is 75.4 Å². The molecule has 0 aliphatic heterocycles. The van der Waals surface area contributed by atoms with Crippen LogP contribution in [0, 0.1) is 0 Å². The lowest BCUT2D eigenvalue weighted by atomic mass is 10.1. The Morgan fingerprint density at radius 3 is 2.52 bits per heavy atom. The molecule has 0 unspecified atom stereocenters. The quantitative estimate of drug-likeness (QED) is 0.491. The van der Waals surface area contributed by atoms with Crippen LogP contribution in [0.5, 0.6) is 5.75 Å². The largest absolute Gasteiger partial charge is 0.484 e. The van der Waals surface area contributed by atoms with E-state index in [-0.39, 0.29) is 12.4 Å². The fourth-order valence-electron chi connectivity index (χ4n) is 2.66. The van der Waals surface area contributed by atoms with Crippen molar-refractivity contribution in [2.75, 3.05) is 19.4 Å². The van der Waals surface area contributed by atoms with E-state index in [0.29, 0.717) is 28.6 Å². The number of thiophene rings is 1. The summed E-state index contributed by atoms with van der Waals surface area (Å²) in [6, 6.07) is 18.9. The highest BCUT2D eigenvalue weighted by molar-refractivity contribution is 7.88. The van der Waals surface area contributed by atoms with E-state index in [1.165, 1.54) is 11.3 Å². The van der Waals surface area contributed by atoms with Gasteiger partial charge in [-0.2, -0.15) is 0 Å². The number of rotatable bonds is 9. The van der Waals surface area contributed by atoms with Crippen LogP contribution in [0.15, 0.2) is 60.7 Å². The number of carbonyl (C=O) groups is 1. The maximum absolute atomic E-state index is 12.4. The molecule has 0 radical (unpaired) electrons. The average Bonchev–Trinajstić information content (AvgIpc) is 3.15. The first-order valence-corrected chi connectivity index (χ1v) is 11.9. The van der Waals surface area contributed by atoms with E-state index in [1.807, 2.05) is 48.5 Å². The van der Waals surface area contributed by atoms with Crippen molar-refractivity contribution >= 4 is 38.7 Å². The molecule has 0 aliphatic carbocycles. The molecule has 0 fully saturated rings. The van der Waals surface area contributed by atoms with E-state index in [4.69, 9.17) is 16.3 Å². The third kappa shape index (κ3) is 6.40. The number of ketones is 1. The Labute approximate surface area is 179 Å². The zero-order chi connectivity index (χ0) is 20.9. The third-order valence-corrected chi connectivity index (χ3v) is 6.28. The molecule has 5 nitrogen and oxygen atoms in total. The van der Waals surface area contributed by atoms with Gasteiger partial charge in [-0.3, -0.25) is 4.79 Å². The second-order valence-electron chi connectivity index (χ2n) is 6.41. The van der Waals surface area contributed by atoms with Gasteiger partial charge >= 0.3 is 0 Å². The summed E-state index contributed by atoms with van der Waals surface area (Å²) in [5.74, 6) is 0.300. The standard InChI is InChI=1S/C21H20ClNO4S2/c1-29(25,26)23-12-11-17-8-10-21(28-17)19(24)14-27-20-9-7-16(13-18(20)22)15-5-3-2-4-6-15/h2-10,13,23H,11-12,14H2,1H3. The lowest BCUT2D eigenvalue weighted by Crippen LogP contribution is -2.24. The molecule has 2 aromatic carbocycles.